The first-order valence-electron chi connectivity index (χ1n) is 18.9. The molecule has 0 aliphatic carbocycles. The number of nitrogens with zero attached hydrogens (tertiary/aromatic N) is 1. The first-order valence-corrected chi connectivity index (χ1v) is 18.9. The first-order chi connectivity index (χ1) is 27.3. The fourth-order valence-electron chi connectivity index (χ4n) is 8.17. The summed E-state index contributed by atoms with van der Waals surface area (Å²) < 4.78 is 6.95. The van der Waals surface area contributed by atoms with Crippen LogP contribution in [0.4, 0.5) is 17.1 Å². The third-order valence-corrected chi connectivity index (χ3v) is 10.7. The molecule has 0 fully saturated rings. The van der Waals surface area contributed by atoms with Gasteiger partial charge in [0.15, 0.2) is 0 Å². The third kappa shape index (κ3) is 6.04. The molecule has 0 aliphatic rings. The molecule has 1 unspecified atom stereocenters. The number of fused-ring (bicyclic) bond motifs is 4. The molecule has 0 saturated carbocycles. The van der Waals surface area contributed by atoms with Crippen molar-refractivity contribution in [3.05, 3.63) is 235 Å². The highest BCUT2D eigenvalue weighted by Gasteiger charge is 2.26. The van der Waals surface area contributed by atoms with E-state index in [-0.39, 0.29) is 5.92 Å². The van der Waals surface area contributed by atoms with Crippen LogP contribution in [0.15, 0.2) is 223 Å². The van der Waals surface area contributed by atoms with Gasteiger partial charge in [0.25, 0.3) is 0 Å². The minimum Gasteiger partial charge on any atom is -0.456 e. The van der Waals surface area contributed by atoms with Gasteiger partial charge in [0.1, 0.15) is 11.2 Å². The molecule has 2 heteroatoms. The maximum atomic E-state index is 6.95. The monoisotopic (exact) mass is 703 g/mol. The lowest BCUT2D eigenvalue weighted by Crippen LogP contribution is -2.13. The smallest absolute Gasteiger partial charge is 0.137 e. The predicted molar refractivity (Wildman–Crippen MR) is 231 cm³/mol. The van der Waals surface area contributed by atoms with Crippen molar-refractivity contribution < 1.29 is 4.42 Å². The summed E-state index contributed by atoms with van der Waals surface area (Å²) in [6.45, 7) is 0. The largest absolute Gasteiger partial charge is 0.456 e. The Labute approximate surface area is 321 Å². The quantitative estimate of drug-likeness (QED) is 0.147. The van der Waals surface area contributed by atoms with E-state index < -0.39 is 0 Å². The summed E-state index contributed by atoms with van der Waals surface area (Å²) in [4.78, 5) is 2.43. The van der Waals surface area contributed by atoms with Crippen molar-refractivity contribution in [2.75, 3.05) is 4.90 Å². The van der Waals surface area contributed by atoms with Crippen LogP contribution in [0.3, 0.4) is 0 Å². The summed E-state index contributed by atoms with van der Waals surface area (Å²) >= 11 is 0. The van der Waals surface area contributed by atoms with Crippen LogP contribution in [0.5, 0.6) is 0 Å². The molecule has 0 aliphatic heterocycles. The molecule has 0 amide bonds. The Morgan fingerprint density at radius 2 is 0.909 bits per heavy atom. The molecule has 2 nitrogen and oxygen atoms in total. The highest BCUT2D eigenvalue weighted by atomic mass is 16.3. The van der Waals surface area contributed by atoms with E-state index in [9.17, 15) is 0 Å². The second-order valence-corrected chi connectivity index (χ2v) is 14.1. The topological polar surface area (TPSA) is 16.4 Å². The van der Waals surface area contributed by atoms with Crippen LogP contribution >= 0.6 is 0 Å². The van der Waals surface area contributed by atoms with Crippen LogP contribution in [0.2, 0.25) is 0 Å². The van der Waals surface area contributed by atoms with E-state index in [2.05, 4.69) is 223 Å². The minimum atomic E-state index is -0.0524. The third-order valence-electron chi connectivity index (χ3n) is 10.7. The van der Waals surface area contributed by atoms with Gasteiger partial charge in [-0.1, -0.05) is 176 Å². The van der Waals surface area contributed by atoms with Gasteiger partial charge in [0.2, 0.25) is 0 Å². The summed E-state index contributed by atoms with van der Waals surface area (Å²) in [5.41, 5.74) is 13.3. The van der Waals surface area contributed by atoms with E-state index in [0.717, 1.165) is 61.1 Å². The maximum Gasteiger partial charge on any atom is 0.137 e. The van der Waals surface area contributed by atoms with E-state index in [4.69, 9.17) is 4.42 Å². The normalized spacial score (nSPS) is 11.9. The molecule has 0 saturated heterocycles. The standard InChI is InChI=1S/C53H37NO/c1-5-17-37(18-6-1)38-29-31-41(32-30-38)52(40-21-9-3-10-22-40)44-34-49(53-47-33-42-23-13-14-24-43(42)35-50(47)55-51(53)36-44)54(45-25-11-4-12-26-45)48-28-16-15-27-46(48)39-19-7-2-8-20-39/h1-36,52H. The second kappa shape index (κ2) is 14.0. The van der Waals surface area contributed by atoms with Crippen LogP contribution in [-0.2, 0) is 0 Å². The molecule has 0 bridgehead atoms. The Morgan fingerprint density at radius 1 is 0.364 bits per heavy atom. The Bertz CT molecular complexity index is 2900. The fraction of sp³-hybridized carbons (Fsp3) is 0.0189. The number of hydrogen-bond acceptors (Lipinski definition) is 2. The number of para-hydroxylation sites is 2. The van der Waals surface area contributed by atoms with Crippen LogP contribution in [0, 0.1) is 0 Å². The SMILES string of the molecule is c1ccc(-c2ccc(C(c3ccccc3)c3cc(N(c4ccccc4)c4ccccc4-c4ccccc4)c4c(c3)oc3cc5ccccc5cc34)cc2)cc1. The highest BCUT2D eigenvalue weighted by Crippen LogP contribution is 2.48. The fourth-order valence-corrected chi connectivity index (χ4v) is 8.17. The van der Waals surface area contributed by atoms with Gasteiger partial charge in [0, 0.05) is 22.6 Å². The molecule has 55 heavy (non-hydrogen) atoms. The Balaban J connectivity index is 1.27. The zero-order valence-corrected chi connectivity index (χ0v) is 30.2. The van der Waals surface area contributed by atoms with Crippen molar-refractivity contribution in [1.82, 2.24) is 0 Å². The van der Waals surface area contributed by atoms with Crippen LogP contribution in [0.1, 0.15) is 22.6 Å². The molecule has 9 aromatic carbocycles. The zero-order chi connectivity index (χ0) is 36.6. The number of hydrogen-bond donors (Lipinski definition) is 0. The molecule has 0 spiro atoms. The molecule has 10 rings (SSSR count). The molecule has 1 aromatic heterocycles. The number of benzene rings is 9. The maximum absolute atomic E-state index is 6.95. The Hall–Kier alpha value is -7.16. The van der Waals surface area contributed by atoms with Gasteiger partial charge in [0.05, 0.1) is 16.8 Å². The predicted octanol–water partition coefficient (Wildman–Crippen LogP) is 14.7. The van der Waals surface area contributed by atoms with Gasteiger partial charge in [-0.05, 0) is 86.6 Å². The van der Waals surface area contributed by atoms with Crippen molar-refractivity contribution in [3.63, 3.8) is 0 Å². The van der Waals surface area contributed by atoms with Crippen molar-refractivity contribution in [2.24, 2.45) is 0 Å². The van der Waals surface area contributed by atoms with Crippen LogP contribution < -0.4 is 4.90 Å². The van der Waals surface area contributed by atoms with E-state index in [0.29, 0.717) is 0 Å². The van der Waals surface area contributed by atoms with Gasteiger partial charge in [-0.2, -0.15) is 0 Å². The molecule has 0 radical (unpaired) electrons. The average molecular weight is 704 g/mol. The summed E-state index contributed by atoms with van der Waals surface area (Å²) in [5.74, 6) is -0.0524. The van der Waals surface area contributed by atoms with Gasteiger partial charge >= 0.3 is 0 Å². The summed E-state index contributed by atoms with van der Waals surface area (Å²) in [6.07, 6.45) is 0. The number of furan rings is 1. The Morgan fingerprint density at radius 3 is 1.62 bits per heavy atom. The minimum absolute atomic E-state index is 0.0524. The summed E-state index contributed by atoms with van der Waals surface area (Å²) in [7, 11) is 0. The van der Waals surface area contributed by atoms with E-state index in [1.807, 2.05) is 0 Å². The van der Waals surface area contributed by atoms with Crippen LogP contribution in [-0.4, -0.2) is 0 Å². The molecule has 1 heterocycles. The molecular weight excluding hydrogens is 667 g/mol. The molecule has 1 atom stereocenters. The van der Waals surface area contributed by atoms with Gasteiger partial charge in [-0.3, -0.25) is 0 Å². The second-order valence-electron chi connectivity index (χ2n) is 14.1. The van der Waals surface area contributed by atoms with Crippen molar-refractivity contribution in [1.29, 1.82) is 0 Å². The molecule has 0 N–H and O–H groups in total. The lowest BCUT2D eigenvalue weighted by Gasteiger charge is -2.30. The molecule has 10 aromatic rings. The van der Waals surface area contributed by atoms with Crippen molar-refractivity contribution in [3.8, 4) is 22.3 Å². The van der Waals surface area contributed by atoms with Crippen molar-refractivity contribution in [2.45, 2.75) is 5.92 Å². The average Bonchev–Trinajstić information content (AvgIpc) is 3.62. The molecular formula is C53H37NO. The highest BCUT2D eigenvalue weighted by molar-refractivity contribution is 6.17. The van der Waals surface area contributed by atoms with E-state index >= 15 is 0 Å². The summed E-state index contributed by atoms with van der Waals surface area (Å²) in [5, 5.41) is 4.52. The zero-order valence-electron chi connectivity index (χ0n) is 30.2. The number of anilines is 3. The van der Waals surface area contributed by atoms with Crippen LogP contribution in [0.25, 0.3) is 55.0 Å². The lowest BCUT2D eigenvalue weighted by molar-refractivity contribution is 0.668. The van der Waals surface area contributed by atoms with Gasteiger partial charge in [-0.15, -0.1) is 0 Å². The first kappa shape index (κ1) is 32.5. The Kier molecular flexibility index (Phi) is 8.27. The van der Waals surface area contributed by atoms with Gasteiger partial charge in [-0.25, -0.2) is 0 Å². The summed E-state index contributed by atoms with van der Waals surface area (Å²) in [6, 6.07) is 78.4. The molecule has 260 valence electrons. The van der Waals surface area contributed by atoms with E-state index in [1.165, 1.54) is 27.6 Å². The van der Waals surface area contributed by atoms with Crippen molar-refractivity contribution >= 4 is 49.8 Å². The van der Waals surface area contributed by atoms with E-state index in [1.54, 1.807) is 0 Å². The number of rotatable bonds is 8. The lowest BCUT2D eigenvalue weighted by atomic mass is 9.83. The van der Waals surface area contributed by atoms with Gasteiger partial charge < -0.3 is 9.32 Å².